The molecule has 1 aromatic heterocycles. The molecule has 7 heteroatoms. The molecule has 0 amide bonds. The van der Waals surface area contributed by atoms with Gasteiger partial charge in [0.05, 0.1) is 0 Å². The van der Waals surface area contributed by atoms with Crippen molar-refractivity contribution in [2.75, 3.05) is 0 Å². The van der Waals surface area contributed by atoms with E-state index in [0.717, 1.165) is 0 Å². The molecule has 0 aliphatic rings. The standard InChI is InChI=1S/C7H9NO3S.H2O.H2S/c8-5(7(10)11)6(9)4-2-1-3-12-4;;/h1-3,5-6,9H,8H2,(H,10,11);2*1H2/t5-,6?;;/m0../s1. The summed E-state index contributed by atoms with van der Waals surface area (Å²) in [7, 11) is 0. The van der Waals surface area contributed by atoms with Crippen LogP contribution in [0.2, 0.25) is 0 Å². The van der Waals surface area contributed by atoms with Crippen LogP contribution in [0.15, 0.2) is 17.5 Å². The Morgan fingerprint density at radius 3 is 2.50 bits per heavy atom. The third kappa shape index (κ3) is 3.64. The van der Waals surface area contributed by atoms with Crippen molar-refractivity contribution in [3.8, 4) is 0 Å². The van der Waals surface area contributed by atoms with Crippen LogP contribution in [0.3, 0.4) is 0 Å². The Morgan fingerprint density at radius 2 is 2.14 bits per heavy atom. The highest BCUT2D eigenvalue weighted by molar-refractivity contribution is 7.59. The summed E-state index contributed by atoms with van der Waals surface area (Å²) in [5.74, 6) is -1.20. The zero-order valence-corrected chi connectivity index (χ0v) is 8.99. The lowest BCUT2D eigenvalue weighted by molar-refractivity contribution is -0.141. The summed E-state index contributed by atoms with van der Waals surface area (Å²) >= 11 is 1.28. The van der Waals surface area contributed by atoms with Crippen LogP contribution < -0.4 is 5.73 Å². The van der Waals surface area contributed by atoms with E-state index >= 15 is 0 Å². The third-order valence-corrected chi connectivity index (χ3v) is 2.40. The molecule has 0 fully saturated rings. The maximum Gasteiger partial charge on any atom is 0.323 e. The summed E-state index contributed by atoms with van der Waals surface area (Å²) in [6, 6.07) is 2.14. The van der Waals surface area contributed by atoms with Gasteiger partial charge < -0.3 is 21.4 Å². The van der Waals surface area contributed by atoms with E-state index in [9.17, 15) is 9.90 Å². The molecule has 0 bridgehead atoms. The quantitative estimate of drug-likeness (QED) is 0.658. The average molecular weight is 239 g/mol. The van der Waals surface area contributed by atoms with Gasteiger partial charge >= 0.3 is 5.97 Å². The summed E-state index contributed by atoms with van der Waals surface area (Å²) < 4.78 is 0. The predicted molar refractivity (Wildman–Crippen MR) is 58.9 cm³/mol. The molecule has 6 N–H and O–H groups in total. The average Bonchev–Trinajstić information content (AvgIpc) is 2.53. The van der Waals surface area contributed by atoms with Crippen LogP contribution >= 0.6 is 24.8 Å². The Labute approximate surface area is 91.9 Å². The van der Waals surface area contributed by atoms with Crippen molar-refractivity contribution in [1.29, 1.82) is 0 Å². The van der Waals surface area contributed by atoms with Crippen LogP contribution in [0.5, 0.6) is 0 Å². The summed E-state index contributed by atoms with van der Waals surface area (Å²) in [6.07, 6.45) is -1.11. The zero-order valence-electron chi connectivity index (χ0n) is 7.18. The Morgan fingerprint density at radius 1 is 1.57 bits per heavy atom. The molecule has 0 aliphatic heterocycles. The van der Waals surface area contributed by atoms with Crippen molar-refractivity contribution in [2.24, 2.45) is 5.73 Å². The maximum atomic E-state index is 10.4. The van der Waals surface area contributed by atoms with Crippen LogP contribution in [-0.2, 0) is 4.79 Å². The highest BCUT2D eigenvalue weighted by Gasteiger charge is 2.23. The molecule has 1 unspecified atom stereocenters. The normalized spacial score (nSPS) is 13.3. The van der Waals surface area contributed by atoms with Crippen molar-refractivity contribution in [1.82, 2.24) is 0 Å². The van der Waals surface area contributed by atoms with Crippen molar-refractivity contribution < 1.29 is 20.5 Å². The van der Waals surface area contributed by atoms with Gasteiger partial charge in [0.25, 0.3) is 0 Å². The molecule has 0 aliphatic carbocycles. The van der Waals surface area contributed by atoms with Crippen molar-refractivity contribution in [3.63, 3.8) is 0 Å². The lowest BCUT2D eigenvalue weighted by Gasteiger charge is -2.12. The second-order valence-electron chi connectivity index (χ2n) is 2.32. The molecule has 2 atom stereocenters. The maximum absolute atomic E-state index is 10.4. The van der Waals surface area contributed by atoms with Gasteiger partial charge in [0, 0.05) is 4.88 Å². The van der Waals surface area contributed by atoms with E-state index in [4.69, 9.17) is 10.8 Å². The molecule has 0 radical (unpaired) electrons. The van der Waals surface area contributed by atoms with Gasteiger partial charge in [-0.15, -0.1) is 11.3 Å². The van der Waals surface area contributed by atoms with Gasteiger partial charge in [-0.05, 0) is 11.4 Å². The smallest absolute Gasteiger partial charge is 0.323 e. The second kappa shape index (κ2) is 6.80. The van der Waals surface area contributed by atoms with Crippen molar-refractivity contribution in [3.05, 3.63) is 22.4 Å². The Balaban J connectivity index is 0. The molecule has 1 rings (SSSR count). The minimum Gasteiger partial charge on any atom is -0.480 e. The van der Waals surface area contributed by atoms with Gasteiger partial charge in [0.2, 0.25) is 0 Å². The molecule has 0 aromatic carbocycles. The second-order valence-corrected chi connectivity index (χ2v) is 3.30. The fourth-order valence-electron chi connectivity index (χ4n) is 0.772. The number of nitrogens with two attached hydrogens (primary N) is 1. The number of carboxylic acid groups (broad SMARTS) is 1. The largest absolute Gasteiger partial charge is 0.480 e. The molecule has 0 saturated carbocycles. The number of aliphatic hydroxyl groups excluding tert-OH is 1. The third-order valence-electron chi connectivity index (χ3n) is 1.46. The monoisotopic (exact) mass is 239 g/mol. The minimum atomic E-state index is -1.25. The molecular formula is C7H13NO4S2. The van der Waals surface area contributed by atoms with E-state index in [2.05, 4.69) is 0 Å². The number of carbonyl (C=O) groups is 1. The number of hydrogen-bond acceptors (Lipinski definition) is 4. The molecule has 0 saturated heterocycles. The first kappa shape index (κ1) is 15.9. The lowest BCUT2D eigenvalue weighted by atomic mass is 10.1. The first-order chi connectivity index (χ1) is 5.63. The van der Waals surface area contributed by atoms with Crippen molar-refractivity contribution in [2.45, 2.75) is 12.1 Å². The lowest BCUT2D eigenvalue weighted by Crippen LogP contribution is -2.36. The summed E-state index contributed by atoms with van der Waals surface area (Å²) in [5.41, 5.74) is 5.21. The SMILES string of the molecule is N[C@H](C(=O)O)C(O)c1cccs1.O.S. The fourth-order valence-corrected chi connectivity index (χ4v) is 1.53. The van der Waals surface area contributed by atoms with Crippen LogP contribution in [0.25, 0.3) is 0 Å². The number of carboxylic acids is 1. The van der Waals surface area contributed by atoms with Crippen LogP contribution in [-0.4, -0.2) is 27.7 Å². The first-order valence-corrected chi connectivity index (χ1v) is 4.20. The molecule has 1 aromatic rings. The van der Waals surface area contributed by atoms with Gasteiger partial charge in [0.15, 0.2) is 0 Å². The highest BCUT2D eigenvalue weighted by Crippen LogP contribution is 2.20. The molecule has 82 valence electrons. The van der Waals surface area contributed by atoms with E-state index < -0.39 is 18.1 Å². The topological polar surface area (TPSA) is 115 Å². The Bertz CT molecular complexity index is 265. The number of rotatable bonds is 3. The minimum absolute atomic E-state index is 0. The Kier molecular flexibility index (Phi) is 7.69. The Hall–Kier alpha value is -0.600. The van der Waals surface area contributed by atoms with Gasteiger partial charge in [-0.1, -0.05) is 6.07 Å². The molecule has 0 spiro atoms. The van der Waals surface area contributed by atoms with E-state index in [0.29, 0.717) is 4.88 Å². The van der Waals surface area contributed by atoms with Gasteiger partial charge in [-0.3, -0.25) is 4.79 Å². The van der Waals surface area contributed by atoms with Crippen LogP contribution in [0.4, 0.5) is 0 Å². The van der Waals surface area contributed by atoms with Gasteiger partial charge in [-0.2, -0.15) is 13.5 Å². The molecular weight excluding hydrogens is 226 g/mol. The number of aliphatic carboxylic acids is 1. The first-order valence-electron chi connectivity index (χ1n) is 3.33. The number of aliphatic hydroxyl groups is 1. The highest BCUT2D eigenvalue weighted by atomic mass is 32.1. The number of thiophene rings is 1. The summed E-state index contributed by atoms with van der Waals surface area (Å²) in [6.45, 7) is 0. The zero-order chi connectivity index (χ0) is 9.14. The van der Waals surface area contributed by atoms with E-state index in [1.165, 1.54) is 11.3 Å². The van der Waals surface area contributed by atoms with E-state index in [1.807, 2.05) is 0 Å². The van der Waals surface area contributed by atoms with E-state index in [-0.39, 0.29) is 19.0 Å². The molecule has 14 heavy (non-hydrogen) atoms. The summed E-state index contributed by atoms with van der Waals surface area (Å²) in [4.78, 5) is 10.9. The fraction of sp³-hybridized carbons (Fsp3) is 0.286. The number of hydrogen-bond donors (Lipinski definition) is 3. The van der Waals surface area contributed by atoms with E-state index in [1.54, 1.807) is 17.5 Å². The van der Waals surface area contributed by atoms with Crippen molar-refractivity contribution >= 4 is 30.8 Å². The predicted octanol–water partition coefficient (Wildman–Crippen LogP) is -0.519. The molecule has 1 heterocycles. The van der Waals surface area contributed by atoms with Gasteiger partial charge in [0.1, 0.15) is 12.1 Å². The van der Waals surface area contributed by atoms with Gasteiger partial charge in [-0.25, -0.2) is 0 Å². The summed E-state index contributed by atoms with van der Waals surface area (Å²) in [5, 5.41) is 19.6. The van der Waals surface area contributed by atoms with Crippen LogP contribution in [0, 0.1) is 0 Å². The van der Waals surface area contributed by atoms with Crippen LogP contribution in [0.1, 0.15) is 11.0 Å². The molecule has 5 nitrogen and oxygen atoms in total.